The molecule has 0 radical (unpaired) electrons. The number of carbonyl (C=O) groups is 1. The van der Waals surface area contributed by atoms with Crippen LogP contribution >= 0.6 is 0 Å². The van der Waals surface area contributed by atoms with Gasteiger partial charge in [-0.15, -0.1) is 0 Å². The van der Waals surface area contributed by atoms with Crippen molar-refractivity contribution >= 4 is 5.91 Å². The zero-order valence-corrected chi connectivity index (χ0v) is 15.7. The van der Waals surface area contributed by atoms with Crippen molar-refractivity contribution in [3.8, 4) is 11.5 Å². The van der Waals surface area contributed by atoms with Crippen molar-refractivity contribution in [3.63, 3.8) is 0 Å². The summed E-state index contributed by atoms with van der Waals surface area (Å²) in [7, 11) is 0. The van der Waals surface area contributed by atoms with Gasteiger partial charge >= 0.3 is 0 Å². The number of hydrogen-bond acceptors (Lipinski definition) is 3. The summed E-state index contributed by atoms with van der Waals surface area (Å²) in [6.07, 6.45) is 4.27. The van der Waals surface area contributed by atoms with Gasteiger partial charge in [0.2, 0.25) is 12.7 Å². The van der Waals surface area contributed by atoms with Gasteiger partial charge in [-0.3, -0.25) is 4.79 Å². The minimum Gasteiger partial charge on any atom is -0.454 e. The summed E-state index contributed by atoms with van der Waals surface area (Å²) in [6, 6.07) is 12.2. The van der Waals surface area contributed by atoms with Crippen LogP contribution in [0.2, 0.25) is 0 Å². The highest BCUT2D eigenvalue weighted by molar-refractivity contribution is 5.76. The quantitative estimate of drug-likeness (QED) is 0.600. The maximum atomic E-state index is 13.1. The lowest BCUT2D eigenvalue weighted by atomic mass is 10.1. The molecule has 0 atom stereocenters. The molecular formula is C22H26FNO3. The lowest BCUT2D eigenvalue weighted by Gasteiger charge is -2.23. The highest BCUT2D eigenvalue weighted by atomic mass is 19.1. The molecule has 1 amide bonds. The number of benzene rings is 2. The lowest BCUT2D eigenvalue weighted by Crippen LogP contribution is -2.31. The highest BCUT2D eigenvalue weighted by Gasteiger charge is 2.16. The molecule has 144 valence electrons. The van der Waals surface area contributed by atoms with E-state index in [1.807, 2.05) is 23.1 Å². The molecule has 0 spiro atoms. The fourth-order valence-electron chi connectivity index (χ4n) is 3.16. The van der Waals surface area contributed by atoms with E-state index >= 15 is 0 Å². The van der Waals surface area contributed by atoms with E-state index in [2.05, 4.69) is 6.92 Å². The molecule has 2 aromatic rings. The minimum absolute atomic E-state index is 0.119. The number of ether oxygens (including phenoxy) is 2. The van der Waals surface area contributed by atoms with Crippen LogP contribution in [0.3, 0.4) is 0 Å². The van der Waals surface area contributed by atoms with Crippen molar-refractivity contribution in [1.82, 2.24) is 4.90 Å². The Kier molecular flexibility index (Phi) is 6.69. The Morgan fingerprint density at radius 2 is 1.78 bits per heavy atom. The van der Waals surface area contributed by atoms with Crippen molar-refractivity contribution < 1.29 is 18.7 Å². The van der Waals surface area contributed by atoms with Gasteiger partial charge in [-0.1, -0.05) is 38.0 Å². The molecule has 0 saturated heterocycles. The topological polar surface area (TPSA) is 38.8 Å². The van der Waals surface area contributed by atoms with Gasteiger partial charge in [0.25, 0.3) is 0 Å². The van der Waals surface area contributed by atoms with Crippen LogP contribution in [0.25, 0.3) is 0 Å². The van der Waals surface area contributed by atoms with Crippen LogP contribution in [0.5, 0.6) is 11.5 Å². The monoisotopic (exact) mass is 371 g/mol. The molecule has 0 bridgehead atoms. The van der Waals surface area contributed by atoms with E-state index in [0.717, 1.165) is 48.4 Å². The van der Waals surface area contributed by atoms with Gasteiger partial charge in [0.1, 0.15) is 5.82 Å². The Hall–Kier alpha value is -2.56. The van der Waals surface area contributed by atoms with Crippen LogP contribution in [-0.2, 0) is 17.8 Å². The van der Waals surface area contributed by atoms with Gasteiger partial charge in [0, 0.05) is 19.5 Å². The van der Waals surface area contributed by atoms with E-state index in [4.69, 9.17) is 9.47 Å². The third-order valence-corrected chi connectivity index (χ3v) is 4.74. The fourth-order valence-corrected chi connectivity index (χ4v) is 3.16. The van der Waals surface area contributed by atoms with E-state index in [0.29, 0.717) is 19.4 Å². The van der Waals surface area contributed by atoms with Crippen LogP contribution in [0.4, 0.5) is 4.39 Å². The first-order valence-corrected chi connectivity index (χ1v) is 9.56. The lowest BCUT2D eigenvalue weighted by molar-refractivity contribution is -0.131. The predicted molar refractivity (Wildman–Crippen MR) is 102 cm³/mol. The van der Waals surface area contributed by atoms with Crippen LogP contribution in [-0.4, -0.2) is 24.1 Å². The maximum Gasteiger partial charge on any atom is 0.231 e. The second-order valence-electron chi connectivity index (χ2n) is 6.84. The number of hydrogen-bond donors (Lipinski definition) is 0. The third kappa shape index (κ3) is 5.46. The summed E-state index contributed by atoms with van der Waals surface area (Å²) in [6.45, 7) is 3.64. The van der Waals surface area contributed by atoms with E-state index in [-0.39, 0.29) is 18.5 Å². The molecule has 0 unspecified atom stereocenters. The van der Waals surface area contributed by atoms with Crippen LogP contribution in [0.15, 0.2) is 42.5 Å². The summed E-state index contributed by atoms with van der Waals surface area (Å²) in [5.74, 6) is 1.35. The number of nitrogens with zero attached hydrogens (tertiary/aromatic N) is 1. The van der Waals surface area contributed by atoms with Gasteiger partial charge in [-0.05, 0) is 48.2 Å². The molecule has 0 saturated carbocycles. The van der Waals surface area contributed by atoms with Gasteiger partial charge in [-0.2, -0.15) is 0 Å². The second kappa shape index (κ2) is 9.40. The van der Waals surface area contributed by atoms with Crippen molar-refractivity contribution in [2.75, 3.05) is 13.3 Å². The van der Waals surface area contributed by atoms with E-state index < -0.39 is 0 Å². The number of fused-ring (bicyclic) bond motifs is 1. The second-order valence-corrected chi connectivity index (χ2v) is 6.84. The maximum absolute atomic E-state index is 13.1. The van der Waals surface area contributed by atoms with Crippen molar-refractivity contribution in [3.05, 3.63) is 59.4 Å². The number of carbonyl (C=O) groups excluding carboxylic acids is 1. The van der Waals surface area contributed by atoms with E-state index in [1.54, 1.807) is 12.1 Å². The van der Waals surface area contributed by atoms with Gasteiger partial charge in [0.15, 0.2) is 11.5 Å². The smallest absolute Gasteiger partial charge is 0.231 e. The van der Waals surface area contributed by atoms with Crippen LogP contribution < -0.4 is 9.47 Å². The summed E-state index contributed by atoms with van der Waals surface area (Å²) >= 11 is 0. The molecule has 1 aliphatic rings. The number of rotatable bonds is 9. The van der Waals surface area contributed by atoms with Crippen LogP contribution in [0.1, 0.15) is 43.7 Å². The van der Waals surface area contributed by atoms with Crippen LogP contribution in [0, 0.1) is 5.82 Å². The zero-order chi connectivity index (χ0) is 19.1. The summed E-state index contributed by atoms with van der Waals surface area (Å²) in [5, 5.41) is 0. The molecule has 0 fully saturated rings. The van der Waals surface area contributed by atoms with Crippen molar-refractivity contribution in [1.29, 1.82) is 0 Å². The van der Waals surface area contributed by atoms with E-state index in [9.17, 15) is 9.18 Å². The van der Waals surface area contributed by atoms with E-state index in [1.165, 1.54) is 12.1 Å². The third-order valence-electron chi connectivity index (χ3n) is 4.74. The Morgan fingerprint density at radius 1 is 1.04 bits per heavy atom. The number of aryl methyl sites for hydroxylation is 1. The average molecular weight is 371 g/mol. The number of amides is 1. The number of unbranched alkanes of at least 4 members (excludes halogenated alkanes) is 2. The first-order valence-electron chi connectivity index (χ1n) is 9.56. The molecule has 0 aromatic heterocycles. The van der Waals surface area contributed by atoms with Gasteiger partial charge < -0.3 is 14.4 Å². The molecule has 0 N–H and O–H groups in total. The zero-order valence-electron chi connectivity index (χ0n) is 15.7. The normalized spacial score (nSPS) is 12.2. The van der Waals surface area contributed by atoms with Crippen molar-refractivity contribution in [2.45, 2.75) is 45.6 Å². The summed E-state index contributed by atoms with van der Waals surface area (Å²) in [5.41, 5.74) is 2.01. The Labute approximate surface area is 159 Å². The SMILES string of the molecule is CCCCCN(Cc1ccc(F)cc1)C(=O)CCc1ccc2c(c1)OCO2. The first kappa shape index (κ1) is 19.2. The molecule has 0 aliphatic carbocycles. The number of halogens is 1. The Morgan fingerprint density at radius 3 is 2.56 bits per heavy atom. The molecule has 3 rings (SSSR count). The highest BCUT2D eigenvalue weighted by Crippen LogP contribution is 2.32. The van der Waals surface area contributed by atoms with Gasteiger partial charge in [0.05, 0.1) is 0 Å². The fraction of sp³-hybridized carbons (Fsp3) is 0.409. The molecule has 5 heteroatoms. The average Bonchev–Trinajstić information content (AvgIpc) is 3.15. The molecule has 2 aromatic carbocycles. The summed E-state index contributed by atoms with van der Waals surface area (Å²) < 4.78 is 23.9. The Balaban J connectivity index is 1.60. The van der Waals surface area contributed by atoms with Gasteiger partial charge in [-0.25, -0.2) is 4.39 Å². The molecule has 27 heavy (non-hydrogen) atoms. The molecule has 1 aliphatic heterocycles. The summed E-state index contributed by atoms with van der Waals surface area (Å²) in [4.78, 5) is 14.7. The molecule has 1 heterocycles. The minimum atomic E-state index is -0.259. The first-order chi connectivity index (χ1) is 13.2. The van der Waals surface area contributed by atoms with Crippen molar-refractivity contribution in [2.24, 2.45) is 0 Å². The Bertz CT molecular complexity index is 761. The largest absolute Gasteiger partial charge is 0.454 e. The molecule has 4 nitrogen and oxygen atoms in total. The molecular weight excluding hydrogens is 345 g/mol. The predicted octanol–water partition coefficient (Wildman–Crippen LogP) is 4.71. The standard InChI is InChI=1S/C22H26FNO3/c1-2-3-4-13-24(15-18-5-9-19(23)10-6-18)22(25)12-8-17-7-11-20-21(14-17)27-16-26-20/h5-7,9-11,14H,2-4,8,12-13,15-16H2,1H3.